The van der Waals surface area contributed by atoms with E-state index in [2.05, 4.69) is 19.2 Å². The van der Waals surface area contributed by atoms with Crippen molar-refractivity contribution in [2.75, 3.05) is 52.7 Å². The van der Waals surface area contributed by atoms with Gasteiger partial charge in [-0.3, -0.25) is 0 Å². The van der Waals surface area contributed by atoms with Crippen LogP contribution in [0.2, 0.25) is 0 Å². The SMILES string of the molecule is CCCCOCCOCCOCCNCC1(C)CCC1. The van der Waals surface area contributed by atoms with Crippen LogP contribution in [0.3, 0.4) is 0 Å². The summed E-state index contributed by atoms with van der Waals surface area (Å²) in [5, 5.41) is 3.47. The third-order valence-electron chi connectivity index (χ3n) is 3.92. The molecule has 0 saturated heterocycles. The van der Waals surface area contributed by atoms with E-state index in [0.717, 1.165) is 32.7 Å². The van der Waals surface area contributed by atoms with Crippen LogP contribution in [0.4, 0.5) is 0 Å². The molecule has 1 N–H and O–H groups in total. The fourth-order valence-corrected chi connectivity index (χ4v) is 2.28. The van der Waals surface area contributed by atoms with E-state index >= 15 is 0 Å². The Morgan fingerprint density at radius 3 is 2.05 bits per heavy atom. The van der Waals surface area contributed by atoms with Gasteiger partial charge in [0.2, 0.25) is 0 Å². The van der Waals surface area contributed by atoms with Crippen LogP contribution in [0, 0.1) is 5.41 Å². The first kappa shape index (κ1) is 17.9. The second kappa shape index (κ2) is 11.5. The molecule has 1 saturated carbocycles. The minimum Gasteiger partial charge on any atom is -0.379 e. The van der Waals surface area contributed by atoms with Crippen LogP contribution in [0.5, 0.6) is 0 Å². The van der Waals surface area contributed by atoms with Crippen LogP contribution in [0.1, 0.15) is 46.0 Å². The number of hydrogen-bond donors (Lipinski definition) is 1. The van der Waals surface area contributed by atoms with Crippen LogP contribution in [0.15, 0.2) is 0 Å². The maximum absolute atomic E-state index is 5.52. The number of nitrogens with one attached hydrogen (secondary N) is 1. The first-order valence-corrected chi connectivity index (χ1v) is 8.21. The summed E-state index contributed by atoms with van der Waals surface area (Å²) in [7, 11) is 0. The molecule has 0 aromatic carbocycles. The monoisotopic (exact) mass is 287 g/mol. The molecule has 0 amide bonds. The zero-order chi connectivity index (χ0) is 14.5. The minimum atomic E-state index is 0.556. The summed E-state index contributed by atoms with van der Waals surface area (Å²) in [5.74, 6) is 0. The predicted octanol–water partition coefficient (Wildman–Crippen LogP) is 2.62. The maximum atomic E-state index is 5.52. The third kappa shape index (κ3) is 8.90. The van der Waals surface area contributed by atoms with Crippen molar-refractivity contribution in [3.8, 4) is 0 Å². The van der Waals surface area contributed by atoms with Crippen molar-refractivity contribution in [1.82, 2.24) is 5.32 Å². The van der Waals surface area contributed by atoms with Crippen molar-refractivity contribution in [1.29, 1.82) is 0 Å². The Bertz CT molecular complexity index is 220. The Hall–Kier alpha value is -0.160. The molecule has 0 heterocycles. The zero-order valence-electron chi connectivity index (χ0n) is 13.4. The minimum absolute atomic E-state index is 0.556. The Kier molecular flexibility index (Phi) is 10.3. The molecule has 0 bridgehead atoms. The molecule has 0 aromatic heterocycles. The highest BCUT2D eigenvalue weighted by molar-refractivity contribution is 4.84. The molecule has 1 aliphatic carbocycles. The van der Waals surface area contributed by atoms with Crippen molar-refractivity contribution in [2.45, 2.75) is 46.0 Å². The summed E-state index contributed by atoms with van der Waals surface area (Å²) in [6.45, 7) is 10.9. The van der Waals surface area contributed by atoms with E-state index in [1.165, 1.54) is 25.7 Å². The second-order valence-corrected chi connectivity index (χ2v) is 6.03. The Balaban J connectivity index is 1.68. The van der Waals surface area contributed by atoms with Crippen LogP contribution in [0.25, 0.3) is 0 Å². The van der Waals surface area contributed by atoms with Crippen LogP contribution >= 0.6 is 0 Å². The summed E-state index contributed by atoms with van der Waals surface area (Å²) in [6, 6.07) is 0. The van der Waals surface area contributed by atoms with E-state index < -0.39 is 0 Å². The van der Waals surface area contributed by atoms with Crippen molar-refractivity contribution < 1.29 is 14.2 Å². The second-order valence-electron chi connectivity index (χ2n) is 6.03. The molecule has 0 unspecified atom stereocenters. The van der Waals surface area contributed by atoms with E-state index in [1.54, 1.807) is 0 Å². The van der Waals surface area contributed by atoms with E-state index in [9.17, 15) is 0 Å². The molecule has 1 fully saturated rings. The number of unbranched alkanes of at least 4 members (excludes halogenated alkanes) is 1. The topological polar surface area (TPSA) is 39.7 Å². The quantitative estimate of drug-likeness (QED) is 0.499. The van der Waals surface area contributed by atoms with Gasteiger partial charge in [-0.1, -0.05) is 26.7 Å². The van der Waals surface area contributed by atoms with Gasteiger partial charge >= 0.3 is 0 Å². The van der Waals surface area contributed by atoms with E-state index in [4.69, 9.17) is 14.2 Å². The van der Waals surface area contributed by atoms with Gasteiger partial charge < -0.3 is 19.5 Å². The molecule has 0 aromatic rings. The zero-order valence-corrected chi connectivity index (χ0v) is 13.4. The van der Waals surface area contributed by atoms with Gasteiger partial charge in [0.15, 0.2) is 0 Å². The smallest absolute Gasteiger partial charge is 0.0701 e. The van der Waals surface area contributed by atoms with Crippen molar-refractivity contribution >= 4 is 0 Å². The molecular formula is C16H33NO3. The highest BCUT2D eigenvalue weighted by Crippen LogP contribution is 2.39. The Morgan fingerprint density at radius 1 is 0.900 bits per heavy atom. The fourth-order valence-electron chi connectivity index (χ4n) is 2.28. The Labute approximate surface area is 124 Å². The highest BCUT2D eigenvalue weighted by atomic mass is 16.5. The van der Waals surface area contributed by atoms with Gasteiger partial charge in [-0.2, -0.15) is 0 Å². The van der Waals surface area contributed by atoms with Gasteiger partial charge in [-0.05, 0) is 24.7 Å². The van der Waals surface area contributed by atoms with Crippen molar-refractivity contribution in [2.24, 2.45) is 5.41 Å². The first-order chi connectivity index (χ1) is 9.77. The molecular weight excluding hydrogens is 254 g/mol. The summed E-state index contributed by atoms with van der Waals surface area (Å²) in [4.78, 5) is 0. The average Bonchev–Trinajstić information content (AvgIpc) is 2.42. The molecule has 1 rings (SSSR count). The van der Waals surface area contributed by atoms with Gasteiger partial charge in [-0.25, -0.2) is 0 Å². The summed E-state index contributed by atoms with van der Waals surface area (Å²) < 4.78 is 16.4. The Morgan fingerprint density at radius 2 is 1.50 bits per heavy atom. The summed E-state index contributed by atoms with van der Waals surface area (Å²) in [6.07, 6.45) is 6.45. The molecule has 4 heteroatoms. The molecule has 0 radical (unpaired) electrons. The lowest BCUT2D eigenvalue weighted by atomic mass is 9.70. The van der Waals surface area contributed by atoms with E-state index in [-0.39, 0.29) is 0 Å². The van der Waals surface area contributed by atoms with Gasteiger partial charge in [-0.15, -0.1) is 0 Å². The standard InChI is InChI=1S/C16H33NO3/c1-3-4-9-18-11-13-20-14-12-19-10-8-17-15-16(2)6-5-7-16/h17H,3-15H2,1-2H3. The molecule has 120 valence electrons. The summed E-state index contributed by atoms with van der Waals surface area (Å²) >= 11 is 0. The van der Waals surface area contributed by atoms with E-state index in [1.807, 2.05) is 0 Å². The molecule has 0 spiro atoms. The van der Waals surface area contributed by atoms with Crippen LogP contribution in [-0.4, -0.2) is 52.7 Å². The molecule has 20 heavy (non-hydrogen) atoms. The van der Waals surface area contributed by atoms with E-state index in [0.29, 0.717) is 31.8 Å². The normalized spacial score (nSPS) is 17.1. The van der Waals surface area contributed by atoms with Crippen LogP contribution in [-0.2, 0) is 14.2 Å². The number of hydrogen-bond acceptors (Lipinski definition) is 4. The van der Waals surface area contributed by atoms with Gasteiger partial charge in [0.1, 0.15) is 0 Å². The average molecular weight is 287 g/mol. The maximum Gasteiger partial charge on any atom is 0.0701 e. The molecule has 0 atom stereocenters. The number of rotatable bonds is 14. The highest BCUT2D eigenvalue weighted by Gasteiger charge is 2.30. The molecule has 4 nitrogen and oxygen atoms in total. The lowest BCUT2D eigenvalue weighted by molar-refractivity contribution is 0.0141. The molecule has 1 aliphatic rings. The van der Waals surface area contributed by atoms with Crippen molar-refractivity contribution in [3.05, 3.63) is 0 Å². The summed E-state index contributed by atoms with van der Waals surface area (Å²) in [5.41, 5.74) is 0.556. The van der Waals surface area contributed by atoms with Gasteiger partial charge in [0.05, 0.1) is 33.0 Å². The van der Waals surface area contributed by atoms with Crippen molar-refractivity contribution in [3.63, 3.8) is 0 Å². The van der Waals surface area contributed by atoms with Gasteiger partial charge in [0.25, 0.3) is 0 Å². The molecule has 0 aliphatic heterocycles. The predicted molar refractivity (Wildman–Crippen MR) is 82.2 cm³/mol. The first-order valence-electron chi connectivity index (χ1n) is 8.21. The number of ether oxygens (including phenoxy) is 3. The third-order valence-corrected chi connectivity index (χ3v) is 3.92. The lowest BCUT2D eigenvalue weighted by Gasteiger charge is -2.38. The lowest BCUT2D eigenvalue weighted by Crippen LogP contribution is -2.38. The van der Waals surface area contributed by atoms with Crippen LogP contribution < -0.4 is 5.32 Å². The largest absolute Gasteiger partial charge is 0.379 e. The van der Waals surface area contributed by atoms with Gasteiger partial charge in [0, 0.05) is 19.7 Å². The fraction of sp³-hybridized carbons (Fsp3) is 1.00.